The number of imidazole rings is 1. The minimum absolute atomic E-state index is 0.0294. The van der Waals surface area contributed by atoms with Gasteiger partial charge in [0.25, 0.3) is 5.91 Å². The van der Waals surface area contributed by atoms with E-state index < -0.39 is 17.8 Å². The average molecular weight is 798 g/mol. The van der Waals surface area contributed by atoms with Crippen molar-refractivity contribution in [2.24, 2.45) is 7.05 Å². The molecule has 1 saturated heterocycles. The number of rotatable bonds is 8. The molecule has 0 saturated carbocycles. The number of nitrogens with zero attached hydrogens (tertiary/aromatic N) is 7. The summed E-state index contributed by atoms with van der Waals surface area (Å²) in [5.41, 5.74) is 7.27. The molecule has 14 nitrogen and oxygen atoms in total. The second-order valence-corrected chi connectivity index (χ2v) is 15.8. The van der Waals surface area contributed by atoms with Gasteiger partial charge in [-0.25, -0.2) is 9.18 Å². The first-order chi connectivity index (χ1) is 28.5. The number of benzene rings is 3. The Kier molecular flexibility index (Phi) is 9.52. The summed E-state index contributed by atoms with van der Waals surface area (Å²) in [7, 11) is 5.00. The molecule has 4 amide bonds. The van der Waals surface area contributed by atoms with Crippen LogP contribution >= 0.6 is 0 Å². The number of imide groups is 1. The van der Waals surface area contributed by atoms with Crippen LogP contribution in [-0.4, -0.2) is 91.1 Å². The summed E-state index contributed by atoms with van der Waals surface area (Å²) in [6.07, 6.45) is 7.47. The lowest BCUT2D eigenvalue weighted by Crippen LogP contribution is -2.44. The fraction of sp³-hybridized carbons (Fsp3) is 0.318. The minimum atomic E-state index is -0.795. The van der Waals surface area contributed by atoms with Crippen LogP contribution in [0.2, 0.25) is 0 Å². The van der Waals surface area contributed by atoms with Gasteiger partial charge < -0.3 is 19.7 Å². The molecule has 302 valence electrons. The summed E-state index contributed by atoms with van der Waals surface area (Å²) < 4.78 is 21.5. The molecule has 9 rings (SSSR count). The number of H-pyrrole nitrogens is 1. The molecule has 2 N–H and O–H groups in total. The number of aryl methyl sites for hydroxylation is 2. The van der Waals surface area contributed by atoms with E-state index in [0.717, 1.165) is 22.4 Å². The van der Waals surface area contributed by atoms with Gasteiger partial charge >= 0.3 is 5.69 Å². The first kappa shape index (κ1) is 37.8. The Morgan fingerprint density at radius 2 is 1.81 bits per heavy atom. The van der Waals surface area contributed by atoms with Crippen LogP contribution in [0.3, 0.4) is 0 Å². The highest BCUT2D eigenvalue weighted by Gasteiger charge is 2.32. The van der Waals surface area contributed by atoms with Crippen molar-refractivity contribution in [3.05, 3.63) is 112 Å². The number of nitrogens with one attached hydrogen (secondary N) is 2. The Bertz CT molecular complexity index is 2790. The minimum Gasteiger partial charge on any atom is -0.366 e. The molecular formula is C44H44FN9O5. The number of anilines is 1. The van der Waals surface area contributed by atoms with Gasteiger partial charge in [-0.05, 0) is 71.9 Å². The van der Waals surface area contributed by atoms with Gasteiger partial charge in [0.2, 0.25) is 17.7 Å². The monoisotopic (exact) mass is 797 g/mol. The highest BCUT2D eigenvalue weighted by atomic mass is 19.1. The second-order valence-electron chi connectivity index (χ2n) is 15.8. The summed E-state index contributed by atoms with van der Waals surface area (Å²) in [5.74, 6) is -1.61. The molecule has 0 spiro atoms. The fourth-order valence-electron chi connectivity index (χ4n) is 8.88. The lowest BCUT2D eigenvalue weighted by molar-refractivity contribution is -0.136. The number of carbonyl (C=O) groups excluding carboxylic acids is 4. The lowest BCUT2D eigenvalue weighted by atomic mass is 9.93. The molecule has 6 heterocycles. The zero-order chi connectivity index (χ0) is 41.1. The average Bonchev–Trinajstić information content (AvgIpc) is 3.99. The second kappa shape index (κ2) is 14.9. The van der Waals surface area contributed by atoms with E-state index in [1.54, 1.807) is 47.6 Å². The van der Waals surface area contributed by atoms with Gasteiger partial charge in [0, 0.05) is 101 Å². The van der Waals surface area contributed by atoms with Crippen LogP contribution in [0, 0.1) is 5.82 Å². The number of amides is 4. The van der Waals surface area contributed by atoms with Crippen LogP contribution < -0.4 is 15.9 Å². The first-order valence-electron chi connectivity index (χ1n) is 19.9. The molecule has 59 heavy (non-hydrogen) atoms. The third-order valence-electron chi connectivity index (χ3n) is 11.9. The Morgan fingerprint density at radius 3 is 2.59 bits per heavy atom. The third-order valence-corrected chi connectivity index (χ3v) is 11.9. The van der Waals surface area contributed by atoms with Crippen molar-refractivity contribution in [1.29, 1.82) is 0 Å². The van der Waals surface area contributed by atoms with Gasteiger partial charge in [-0.1, -0.05) is 30.3 Å². The van der Waals surface area contributed by atoms with Gasteiger partial charge in [0.15, 0.2) is 5.82 Å². The predicted octanol–water partition coefficient (Wildman–Crippen LogP) is 4.77. The number of halogens is 1. The van der Waals surface area contributed by atoms with Crippen molar-refractivity contribution >= 4 is 56.8 Å². The van der Waals surface area contributed by atoms with Crippen molar-refractivity contribution < 1.29 is 23.6 Å². The highest BCUT2D eigenvalue weighted by Crippen LogP contribution is 2.39. The molecule has 1 unspecified atom stereocenters. The molecule has 3 aliphatic rings. The molecule has 3 aliphatic heterocycles. The summed E-state index contributed by atoms with van der Waals surface area (Å²) in [4.78, 5) is 73.5. The molecular weight excluding hydrogens is 754 g/mol. The van der Waals surface area contributed by atoms with E-state index in [4.69, 9.17) is 0 Å². The van der Waals surface area contributed by atoms with E-state index in [1.807, 2.05) is 48.7 Å². The van der Waals surface area contributed by atoms with Crippen LogP contribution in [0.4, 0.5) is 10.1 Å². The van der Waals surface area contributed by atoms with E-state index in [9.17, 15) is 24.0 Å². The number of piperidine rings is 1. The molecule has 3 aromatic heterocycles. The molecule has 3 aromatic carbocycles. The number of hydrogen-bond acceptors (Lipinski definition) is 7. The number of fused-ring (bicyclic) bond motifs is 3. The Hall–Kier alpha value is -6.77. The zero-order valence-electron chi connectivity index (χ0n) is 33.1. The standard InChI is InChI=1S/C44H44FN9O5/c1-49(2)43(58)33-22-32-36(23-31(39(45)40(32)47-33)28-7-5-17-52(24-28)38(56)15-20-53-18-6-16-46-53)51-19-14-26-10-11-27(21-29(26)25-51)30-8-4-9-34-41(30)50(3)44(59)54(34)35-12-13-37(55)48-42(35)57/h4,6-11,16,18,21-23,35,47H,5,12-15,17,19-20,24-25H2,1-3H3,(H,48,55,57). The van der Waals surface area contributed by atoms with Crippen molar-refractivity contribution in [2.75, 3.05) is 38.6 Å². The van der Waals surface area contributed by atoms with Gasteiger partial charge in [0.1, 0.15) is 11.7 Å². The molecule has 15 heteroatoms. The van der Waals surface area contributed by atoms with Crippen molar-refractivity contribution in [3.8, 4) is 11.1 Å². The van der Waals surface area contributed by atoms with Gasteiger partial charge in [-0.15, -0.1) is 0 Å². The van der Waals surface area contributed by atoms with Crippen LogP contribution in [-0.2, 0) is 40.9 Å². The number of hydrogen-bond donors (Lipinski definition) is 2. The van der Waals surface area contributed by atoms with E-state index >= 15 is 4.39 Å². The summed E-state index contributed by atoms with van der Waals surface area (Å²) in [5, 5.41) is 7.17. The van der Waals surface area contributed by atoms with Crippen molar-refractivity contribution in [2.45, 2.75) is 51.2 Å². The van der Waals surface area contributed by atoms with Crippen LogP contribution in [0.25, 0.3) is 38.6 Å². The van der Waals surface area contributed by atoms with Gasteiger partial charge in [-0.3, -0.25) is 38.3 Å². The molecule has 6 aromatic rings. The van der Waals surface area contributed by atoms with Crippen LogP contribution in [0.5, 0.6) is 0 Å². The van der Waals surface area contributed by atoms with Gasteiger partial charge in [0.05, 0.1) is 16.6 Å². The highest BCUT2D eigenvalue weighted by molar-refractivity contribution is 6.04. The van der Waals surface area contributed by atoms with Crippen LogP contribution in [0.15, 0.2) is 77.9 Å². The van der Waals surface area contributed by atoms with E-state index in [2.05, 4.69) is 32.4 Å². The normalized spacial score (nSPS) is 17.0. The SMILES string of the molecule is CN(C)C(=O)c1cc2c(N3CCc4ccc(-c5cccc6c5n(C)c(=O)n6C5CCC(=O)NC5=O)cc4C3)cc(C3=CCCN(C(=O)CCn4cccn4)C3)c(F)c2[nH]1. The summed E-state index contributed by atoms with van der Waals surface area (Å²) >= 11 is 0. The predicted molar refractivity (Wildman–Crippen MR) is 221 cm³/mol. The molecule has 0 bridgehead atoms. The Labute approximate surface area is 338 Å². The largest absolute Gasteiger partial charge is 0.366 e. The van der Waals surface area contributed by atoms with Crippen LogP contribution in [0.1, 0.15) is 58.9 Å². The summed E-state index contributed by atoms with van der Waals surface area (Å²) in [6, 6.07) is 16.5. The number of para-hydroxylation sites is 1. The van der Waals surface area contributed by atoms with Crippen molar-refractivity contribution in [3.63, 3.8) is 0 Å². The van der Waals surface area contributed by atoms with E-state index in [-0.39, 0.29) is 60.4 Å². The molecule has 0 radical (unpaired) electrons. The third kappa shape index (κ3) is 6.69. The van der Waals surface area contributed by atoms with Gasteiger partial charge in [-0.2, -0.15) is 5.10 Å². The Balaban J connectivity index is 1.07. The molecule has 1 fully saturated rings. The van der Waals surface area contributed by atoms with E-state index in [1.165, 1.54) is 15.0 Å². The lowest BCUT2D eigenvalue weighted by Gasteiger charge is -2.33. The maximum atomic E-state index is 16.8. The number of aromatic nitrogens is 5. The summed E-state index contributed by atoms with van der Waals surface area (Å²) in [6.45, 7) is 2.39. The quantitative estimate of drug-likeness (QED) is 0.211. The maximum Gasteiger partial charge on any atom is 0.329 e. The number of aromatic amines is 1. The first-order valence-corrected chi connectivity index (χ1v) is 19.9. The fourth-order valence-corrected chi connectivity index (χ4v) is 8.88. The molecule has 1 atom stereocenters. The zero-order valence-corrected chi connectivity index (χ0v) is 33.1. The topological polar surface area (TPSA) is 151 Å². The van der Waals surface area contributed by atoms with Crippen molar-refractivity contribution in [1.82, 2.24) is 39.0 Å². The maximum absolute atomic E-state index is 16.8. The Morgan fingerprint density at radius 1 is 0.966 bits per heavy atom. The number of carbonyl (C=O) groups is 4. The smallest absolute Gasteiger partial charge is 0.329 e. The molecule has 0 aliphatic carbocycles. The van der Waals surface area contributed by atoms with E-state index in [0.29, 0.717) is 66.6 Å².